The Morgan fingerprint density at radius 3 is 2.79 bits per heavy atom. The van der Waals surface area contributed by atoms with Crippen molar-refractivity contribution in [2.45, 2.75) is 45.6 Å². The molecule has 1 saturated carbocycles. The molecule has 5 heteroatoms. The Labute approximate surface area is 142 Å². The number of hydrogen-bond acceptors (Lipinski definition) is 4. The first-order chi connectivity index (χ1) is 11.7. The lowest BCUT2D eigenvalue weighted by atomic mass is 9.89. The number of halogens is 1. The molecule has 2 aromatic rings. The minimum Gasteiger partial charge on any atom is -0.324 e. The lowest BCUT2D eigenvalue weighted by Crippen LogP contribution is -2.24. The molecule has 1 heterocycles. The first-order valence-corrected chi connectivity index (χ1v) is 8.76. The van der Waals surface area contributed by atoms with E-state index in [1.165, 1.54) is 32.1 Å². The lowest BCUT2D eigenvalue weighted by molar-refractivity contribution is 0.341. The highest BCUT2D eigenvalue weighted by atomic mass is 19.1. The van der Waals surface area contributed by atoms with Crippen molar-refractivity contribution in [3.05, 3.63) is 47.5 Å². The standard InChI is InChI=1S/C19H25FN4/c1-14-6-5-9-17(10-14)23-19-22-13-16(18(20)24-19)12-21-11-15-7-3-2-4-8-15/h5-6,9-10,13,15,21H,2-4,7-8,11-12H2,1H3,(H,22,23,24). The predicted octanol–water partition coefficient (Wildman–Crippen LogP) is 4.34. The van der Waals surface area contributed by atoms with Gasteiger partial charge in [0.05, 0.1) is 0 Å². The first-order valence-electron chi connectivity index (χ1n) is 8.76. The summed E-state index contributed by atoms with van der Waals surface area (Å²) in [6, 6.07) is 7.83. The van der Waals surface area contributed by atoms with Gasteiger partial charge in [0, 0.05) is 24.0 Å². The van der Waals surface area contributed by atoms with E-state index in [-0.39, 0.29) is 5.95 Å². The molecule has 24 heavy (non-hydrogen) atoms. The van der Waals surface area contributed by atoms with Crippen molar-refractivity contribution in [1.82, 2.24) is 15.3 Å². The Morgan fingerprint density at radius 2 is 2.04 bits per heavy atom. The van der Waals surface area contributed by atoms with E-state index < -0.39 is 5.95 Å². The van der Waals surface area contributed by atoms with Gasteiger partial charge in [-0.25, -0.2) is 4.98 Å². The van der Waals surface area contributed by atoms with Gasteiger partial charge in [0.1, 0.15) is 0 Å². The molecule has 0 aliphatic heterocycles. The number of nitrogens with one attached hydrogen (secondary N) is 2. The smallest absolute Gasteiger partial charge is 0.229 e. The summed E-state index contributed by atoms with van der Waals surface area (Å²) in [5, 5.41) is 6.39. The first kappa shape index (κ1) is 16.8. The zero-order valence-electron chi connectivity index (χ0n) is 14.2. The summed E-state index contributed by atoms with van der Waals surface area (Å²) in [4.78, 5) is 8.16. The van der Waals surface area contributed by atoms with Gasteiger partial charge in [-0.3, -0.25) is 0 Å². The van der Waals surface area contributed by atoms with Gasteiger partial charge in [0.15, 0.2) is 0 Å². The van der Waals surface area contributed by atoms with Crippen LogP contribution in [-0.2, 0) is 6.54 Å². The molecule has 1 aromatic heterocycles. The normalized spacial score (nSPS) is 15.4. The monoisotopic (exact) mass is 328 g/mol. The van der Waals surface area contributed by atoms with Crippen LogP contribution in [0.3, 0.4) is 0 Å². The van der Waals surface area contributed by atoms with E-state index in [1.54, 1.807) is 6.20 Å². The average Bonchev–Trinajstić information content (AvgIpc) is 2.58. The summed E-state index contributed by atoms with van der Waals surface area (Å²) in [5.41, 5.74) is 2.50. The summed E-state index contributed by atoms with van der Waals surface area (Å²) in [5.74, 6) is 0.551. The van der Waals surface area contributed by atoms with E-state index in [0.717, 1.165) is 23.7 Å². The third-order valence-corrected chi connectivity index (χ3v) is 4.56. The van der Waals surface area contributed by atoms with Crippen LogP contribution in [0.25, 0.3) is 0 Å². The van der Waals surface area contributed by atoms with Gasteiger partial charge >= 0.3 is 0 Å². The molecule has 128 valence electrons. The van der Waals surface area contributed by atoms with Crippen molar-refractivity contribution in [2.24, 2.45) is 5.92 Å². The molecular formula is C19H25FN4. The fourth-order valence-electron chi connectivity index (χ4n) is 3.22. The average molecular weight is 328 g/mol. The third-order valence-electron chi connectivity index (χ3n) is 4.56. The van der Waals surface area contributed by atoms with Crippen molar-refractivity contribution in [1.29, 1.82) is 0 Å². The number of benzene rings is 1. The summed E-state index contributed by atoms with van der Waals surface area (Å²) in [6.45, 7) is 3.43. The molecule has 1 aromatic carbocycles. The number of anilines is 2. The molecule has 0 saturated heterocycles. The summed E-state index contributed by atoms with van der Waals surface area (Å²) in [6.07, 6.45) is 8.13. The quantitative estimate of drug-likeness (QED) is 0.775. The van der Waals surface area contributed by atoms with Crippen LogP contribution >= 0.6 is 0 Å². The summed E-state index contributed by atoms with van der Waals surface area (Å²) in [7, 11) is 0. The van der Waals surface area contributed by atoms with Crippen LogP contribution in [0.15, 0.2) is 30.5 Å². The van der Waals surface area contributed by atoms with Crippen LogP contribution in [0.5, 0.6) is 0 Å². The van der Waals surface area contributed by atoms with Gasteiger partial charge in [-0.15, -0.1) is 0 Å². The zero-order chi connectivity index (χ0) is 16.8. The zero-order valence-corrected chi connectivity index (χ0v) is 14.2. The van der Waals surface area contributed by atoms with Crippen molar-refractivity contribution < 1.29 is 4.39 Å². The topological polar surface area (TPSA) is 49.8 Å². The Balaban J connectivity index is 1.54. The molecule has 3 rings (SSSR count). The highest BCUT2D eigenvalue weighted by Gasteiger charge is 2.13. The summed E-state index contributed by atoms with van der Waals surface area (Å²) >= 11 is 0. The largest absolute Gasteiger partial charge is 0.324 e. The molecule has 4 nitrogen and oxygen atoms in total. The van der Waals surface area contributed by atoms with Crippen molar-refractivity contribution in [3.63, 3.8) is 0 Å². The highest BCUT2D eigenvalue weighted by Crippen LogP contribution is 2.23. The van der Waals surface area contributed by atoms with E-state index in [1.807, 2.05) is 31.2 Å². The van der Waals surface area contributed by atoms with Crippen LogP contribution in [0.4, 0.5) is 16.0 Å². The van der Waals surface area contributed by atoms with Gasteiger partial charge in [0.2, 0.25) is 11.9 Å². The number of hydrogen-bond donors (Lipinski definition) is 2. The minimum atomic E-state index is -0.462. The molecule has 1 aliphatic rings. The predicted molar refractivity (Wildman–Crippen MR) is 94.7 cm³/mol. The Kier molecular flexibility index (Phi) is 5.75. The lowest BCUT2D eigenvalue weighted by Gasteiger charge is -2.21. The maximum absolute atomic E-state index is 14.2. The van der Waals surface area contributed by atoms with E-state index in [0.29, 0.717) is 12.1 Å². The second kappa shape index (κ2) is 8.20. The maximum Gasteiger partial charge on any atom is 0.229 e. The molecule has 1 aliphatic carbocycles. The number of aryl methyl sites for hydroxylation is 1. The summed E-state index contributed by atoms with van der Waals surface area (Å²) < 4.78 is 14.2. The van der Waals surface area contributed by atoms with Crippen molar-refractivity contribution >= 4 is 11.6 Å². The molecule has 0 atom stereocenters. The van der Waals surface area contributed by atoms with E-state index >= 15 is 0 Å². The van der Waals surface area contributed by atoms with E-state index in [2.05, 4.69) is 20.6 Å². The molecule has 0 amide bonds. The van der Waals surface area contributed by atoms with Gasteiger partial charge in [0.25, 0.3) is 0 Å². The van der Waals surface area contributed by atoms with Gasteiger partial charge in [-0.05, 0) is 49.9 Å². The fraction of sp³-hybridized carbons (Fsp3) is 0.474. The Bertz CT molecular complexity index is 668. The van der Waals surface area contributed by atoms with Gasteiger partial charge in [-0.2, -0.15) is 9.37 Å². The second-order valence-electron chi connectivity index (χ2n) is 6.64. The van der Waals surface area contributed by atoms with E-state index in [4.69, 9.17) is 0 Å². The number of aromatic nitrogens is 2. The number of nitrogens with zero attached hydrogens (tertiary/aromatic N) is 2. The van der Waals surface area contributed by atoms with Crippen LogP contribution in [-0.4, -0.2) is 16.5 Å². The van der Waals surface area contributed by atoms with Crippen molar-refractivity contribution in [2.75, 3.05) is 11.9 Å². The second-order valence-corrected chi connectivity index (χ2v) is 6.64. The van der Waals surface area contributed by atoms with Crippen molar-refractivity contribution in [3.8, 4) is 0 Å². The molecule has 0 radical (unpaired) electrons. The Hall–Kier alpha value is -2.01. The third kappa shape index (κ3) is 4.74. The van der Waals surface area contributed by atoms with E-state index in [9.17, 15) is 4.39 Å². The highest BCUT2D eigenvalue weighted by molar-refractivity contribution is 5.54. The minimum absolute atomic E-state index is 0.286. The fourth-order valence-corrected chi connectivity index (χ4v) is 3.22. The molecular weight excluding hydrogens is 303 g/mol. The Morgan fingerprint density at radius 1 is 1.21 bits per heavy atom. The molecule has 0 bridgehead atoms. The van der Waals surface area contributed by atoms with Gasteiger partial charge < -0.3 is 10.6 Å². The van der Waals surface area contributed by atoms with Crippen LogP contribution in [0.2, 0.25) is 0 Å². The van der Waals surface area contributed by atoms with Crippen LogP contribution in [0.1, 0.15) is 43.2 Å². The molecule has 2 N–H and O–H groups in total. The molecule has 1 fully saturated rings. The SMILES string of the molecule is Cc1cccc(Nc2ncc(CNCC3CCCCC3)c(F)n2)c1. The van der Waals surface area contributed by atoms with Crippen LogP contribution < -0.4 is 10.6 Å². The maximum atomic E-state index is 14.2. The number of rotatable bonds is 6. The van der Waals surface area contributed by atoms with Crippen LogP contribution in [0, 0.1) is 18.8 Å². The van der Waals surface area contributed by atoms with Gasteiger partial charge in [-0.1, -0.05) is 31.4 Å². The molecule has 0 unspecified atom stereocenters. The molecule has 0 spiro atoms.